The first-order valence-electron chi connectivity index (χ1n) is 7.77. The van der Waals surface area contributed by atoms with Crippen LogP contribution in [0.25, 0.3) is 0 Å². The molecular weight excluding hydrogens is 343 g/mol. The third kappa shape index (κ3) is 5.11. The van der Waals surface area contributed by atoms with Crippen LogP contribution in [0.1, 0.15) is 18.1 Å². The van der Waals surface area contributed by atoms with Crippen LogP contribution in [0, 0.1) is 12.7 Å². The van der Waals surface area contributed by atoms with Gasteiger partial charge in [-0.1, -0.05) is 29.8 Å². The summed E-state index contributed by atoms with van der Waals surface area (Å²) in [6, 6.07) is 11.3. The highest BCUT2D eigenvalue weighted by Crippen LogP contribution is 2.12. The second-order valence-corrected chi connectivity index (χ2v) is 7.69. The van der Waals surface area contributed by atoms with Crippen LogP contribution in [0.4, 0.5) is 4.39 Å². The largest absolute Gasteiger partial charge is 0.340 e. The molecule has 25 heavy (non-hydrogen) atoms. The lowest BCUT2D eigenvalue weighted by atomic mass is 10.2. The molecular formula is C18H21FN2O3S. The average Bonchev–Trinajstić information content (AvgIpc) is 2.56. The SMILES string of the molecule is Cc1ccc(S(=O)(=O)NC(C)C(=O)N(C)Cc2ccc(F)cc2)cc1. The van der Waals surface area contributed by atoms with Crippen LogP contribution in [-0.2, 0) is 21.4 Å². The Balaban J connectivity index is 2.03. The van der Waals surface area contributed by atoms with Gasteiger partial charge in [-0.05, 0) is 43.7 Å². The Labute approximate surface area is 147 Å². The predicted octanol–water partition coefficient (Wildman–Crippen LogP) is 2.46. The first-order valence-corrected chi connectivity index (χ1v) is 9.26. The molecule has 5 nitrogen and oxygen atoms in total. The molecule has 1 N–H and O–H groups in total. The van der Waals surface area contributed by atoms with Crippen LogP contribution >= 0.6 is 0 Å². The number of carbonyl (C=O) groups is 1. The lowest BCUT2D eigenvalue weighted by Crippen LogP contribution is -2.45. The van der Waals surface area contributed by atoms with Crippen LogP contribution in [-0.4, -0.2) is 32.3 Å². The van der Waals surface area contributed by atoms with E-state index in [1.165, 1.54) is 36.1 Å². The molecule has 2 rings (SSSR count). The van der Waals surface area contributed by atoms with Gasteiger partial charge in [-0.25, -0.2) is 12.8 Å². The van der Waals surface area contributed by atoms with Gasteiger partial charge >= 0.3 is 0 Å². The van der Waals surface area contributed by atoms with Gasteiger partial charge < -0.3 is 4.90 Å². The number of rotatable bonds is 6. The zero-order chi connectivity index (χ0) is 18.6. The summed E-state index contributed by atoms with van der Waals surface area (Å²) in [5.41, 5.74) is 1.70. The summed E-state index contributed by atoms with van der Waals surface area (Å²) in [6.45, 7) is 3.62. The van der Waals surface area contributed by atoms with E-state index in [-0.39, 0.29) is 23.2 Å². The van der Waals surface area contributed by atoms with E-state index in [1.807, 2.05) is 6.92 Å². The van der Waals surface area contributed by atoms with Crippen LogP contribution in [0.15, 0.2) is 53.4 Å². The molecule has 0 heterocycles. The number of benzene rings is 2. The molecule has 1 amide bonds. The summed E-state index contributed by atoms with van der Waals surface area (Å²) in [5.74, 6) is -0.725. The maximum atomic E-state index is 12.9. The van der Waals surface area contributed by atoms with Crippen LogP contribution in [0.5, 0.6) is 0 Å². The molecule has 0 aromatic heterocycles. The van der Waals surface area contributed by atoms with Crippen molar-refractivity contribution in [1.29, 1.82) is 0 Å². The summed E-state index contributed by atoms with van der Waals surface area (Å²) in [6.07, 6.45) is 0. The highest BCUT2D eigenvalue weighted by molar-refractivity contribution is 7.89. The number of likely N-dealkylation sites (N-methyl/N-ethyl adjacent to an activating group) is 1. The summed E-state index contributed by atoms with van der Waals surface area (Å²) < 4.78 is 40.0. The van der Waals surface area contributed by atoms with Crippen molar-refractivity contribution in [1.82, 2.24) is 9.62 Å². The molecule has 2 aromatic rings. The fourth-order valence-corrected chi connectivity index (χ4v) is 3.54. The molecule has 1 atom stereocenters. The van der Waals surface area contributed by atoms with Crippen LogP contribution in [0.2, 0.25) is 0 Å². The van der Waals surface area contributed by atoms with E-state index < -0.39 is 16.1 Å². The second-order valence-electron chi connectivity index (χ2n) is 5.98. The van der Waals surface area contributed by atoms with Crippen molar-refractivity contribution < 1.29 is 17.6 Å². The van der Waals surface area contributed by atoms with Gasteiger partial charge in [0, 0.05) is 13.6 Å². The average molecular weight is 364 g/mol. The number of hydrogen-bond donors (Lipinski definition) is 1. The van der Waals surface area contributed by atoms with E-state index in [1.54, 1.807) is 31.3 Å². The third-order valence-electron chi connectivity index (χ3n) is 3.74. The van der Waals surface area contributed by atoms with Crippen molar-refractivity contribution in [2.45, 2.75) is 31.3 Å². The Morgan fingerprint density at radius 2 is 1.68 bits per heavy atom. The number of halogens is 1. The smallest absolute Gasteiger partial charge is 0.241 e. The van der Waals surface area contributed by atoms with Gasteiger partial charge in [0.05, 0.1) is 10.9 Å². The molecule has 0 saturated heterocycles. The number of hydrogen-bond acceptors (Lipinski definition) is 3. The first kappa shape index (κ1) is 19.1. The maximum absolute atomic E-state index is 12.9. The summed E-state index contributed by atoms with van der Waals surface area (Å²) in [7, 11) is -2.21. The van der Waals surface area contributed by atoms with Gasteiger partial charge in [-0.3, -0.25) is 4.79 Å². The van der Waals surface area contributed by atoms with E-state index >= 15 is 0 Å². The predicted molar refractivity (Wildman–Crippen MR) is 93.8 cm³/mol. The Bertz CT molecular complexity index is 834. The molecule has 0 spiro atoms. The zero-order valence-electron chi connectivity index (χ0n) is 14.4. The van der Waals surface area contributed by atoms with Gasteiger partial charge in [0.2, 0.25) is 15.9 Å². The van der Waals surface area contributed by atoms with Crippen molar-refractivity contribution in [3.05, 3.63) is 65.5 Å². The minimum Gasteiger partial charge on any atom is -0.340 e. The Morgan fingerprint density at radius 1 is 1.12 bits per heavy atom. The topological polar surface area (TPSA) is 66.5 Å². The highest BCUT2D eigenvalue weighted by atomic mass is 32.2. The molecule has 7 heteroatoms. The van der Waals surface area contributed by atoms with Crippen molar-refractivity contribution in [2.24, 2.45) is 0 Å². The minimum atomic E-state index is -3.78. The van der Waals surface area contributed by atoms with E-state index in [0.717, 1.165) is 11.1 Å². The zero-order valence-corrected chi connectivity index (χ0v) is 15.2. The number of amides is 1. The molecule has 0 fully saturated rings. The lowest BCUT2D eigenvalue weighted by molar-refractivity contribution is -0.131. The van der Waals surface area contributed by atoms with E-state index in [4.69, 9.17) is 0 Å². The molecule has 1 unspecified atom stereocenters. The molecule has 0 bridgehead atoms. The number of sulfonamides is 1. The van der Waals surface area contributed by atoms with E-state index in [0.29, 0.717) is 0 Å². The Kier molecular flexibility index (Phi) is 5.92. The van der Waals surface area contributed by atoms with Gasteiger partial charge in [-0.15, -0.1) is 0 Å². The Hall–Kier alpha value is -2.25. The molecule has 134 valence electrons. The molecule has 0 aliphatic heterocycles. The van der Waals surface area contributed by atoms with Gasteiger partial charge in [0.15, 0.2) is 0 Å². The summed E-state index contributed by atoms with van der Waals surface area (Å²) >= 11 is 0. The number of aryl methyl sites for hydroxylation is 1. The number of nitrogens with one attached hydrogen (secondary N) is 1. The van der Waals surface area contributed by atoms with Crippen molar-refractivity contribution in [3.8, 4) is 0 Å². The molecule has 0 aliphatic carbocycles. The van der Waals surface area contributed by atoms with Crippen molar-refractivity contribution in [2.75, 3.05) is 7.05 Å². The van der Waals surface area contributed by atoms with Gasteiger partial charge in [0.25, 0.3) is 0 Å². The first-order chi connectivity index (χ1) is 11.7. The monoisotopic (exact) mass is 364 g/mol. The van der Waals surface area contributed by atoms with Gasteiger partial charge in [0.1, 0.15) is 5.82 Å². The maximum Gasteiger partial charge on any atom is 0.241 e. The van der Waals surface area contributed by atoms with Crippen molar-refractivity contribution in [3.63, 3.8) is 0 Å². The molecule has 2 aromatic carbocycles. The standard InChI is InChI=1S/C18H21FN2O3S/c1-13-4-10-17(11-5-13)25(23,24)20-14(2)18(22)21(3)12-15-6-8-16(19)9-7-15/h4-11,14,20H,12H2,1-3H3. The van der Waals surface area contributed by atoms with E-state index in [2.05, 4.69) is 4.72 Å². The summed E-state index contributed by atoms with van der Waals surface area (Å²) in [4.78, 5) is 13.9. The molecule has 0 radical (unpaired) electrons. The quantitative estimate of drug-likeness (QED) is 0.856. The summed E-state index contributed by atoms with van der Waals surface area (Å²) in [5, 5.41) is 0. The van der Waals surface area contributed by atoms with Crippen LogP contribution in [0.3, 0.4) is 0 Å². The normalized spacial score (nSPS) is 12.6. The molecule has 0 aliphatic rings. The highest BCUT2D eigenvalue weighted by Gasteiger charge is 2.24. The fraction of sp³-hybridized carbons (Fsp3) is 0.278. The fourth-order valence-electron chi connectivity index (χ4n) is 2.34. The number of nitrogens with zero attached hydrogens (tertiary/aromatic N) is 1. The second kappa shape index (κ2) is 7.76. The van der Waals surface area contributed by atoms with E-state index in [9.17, 15) is 17.6 Å². The number of carbonyl (C=O) groups excluding carboxylic acids is 1. The van der Waals surface area contributed by atoms with Gasteiger partial charge in [-0.2, -0.15) is 4.72 Å². The third-order valence-corrected chi connectivity index (χ3v) is 5.30. The minimum absolute atomic E-state index is 0.110. The lowest BCUT2D eigenvalue weighted by Gasteiger charge is -2.22. The van der Waals surface area contributed by atoms with Crippen molar-refractivity contribution >= 4 is 15.9 Å². The molecule has 0 saturated carbocycles. The Morgan fingerprint density at radius 3 is 2.24 bits per heavy atom. The van der Waals surface area contributed by atoms with Crippen LogP contribution < -0.4 is 4.72 Å².